The summed E-state index contributed by atoms with van der Waals surface area (Å²) in [4.78, 5) is 33.0. The fourth-order valence-electron chi connectivity index (χ4n) is 7.50. The number of hydrogen-bond acceptors (Lipinski definition) is 3. The van der Waals surface area contributed by atoms with Crippen LogP contribution >= 0.6 is 7.94 Å². The molecule has 276 valence electrons. The zero-order valence-corrected chi connectivity index (χ0v) is 35.7. The summed E-state index contributed by atoms with van der Waals surface area (Å²) in [5.74, 6) is -0.441. The molecular weight excluding hydrogens is 631 g/mol. The van der Waals surface area contributed by atoms with Crippen LogP contribution in [0.3, 0.4) is 0 Å². The van der Waals surface area contributed by atoms with Crippen molar-refractivity contribution in [3.8, 4) is 0 Å². The molecule has 0 bridgehead atoms. The zero-order valence-electron chi connectivity index (χ0n) is 34.7. The van der Waals surface area contributed by atoms with Gasteiger partial charge in [0.2, 0.25) is 0 Å². The average molecular weight is 701 g/mol. The van der Waals surface area contributed by atoms with Gasteiger partial charge in [0.05, 0.1) is 0 Å². The van der Waals surface area contributed by atoms with Crippen LogP contribution in [0, 0.1) is 0 Å². The normalized spacial score (nSPS) is 14.7. The molecule has 4 rings (SSSR count). The van der Waals surface area contributed by atoms with Crippen LogP contribution in [0.15, 0.2) is 48.5 Å². The topological polar surface area (TPSA) is 60.7 Å². The average Bonchev–Trinajstić information content (AvgIpc) is 2.89. The van der Waals surface area contributed by atoms with Gasteiger partial charge in [0.1, 0.15) is 0 Å². The van der Waals surface area contributed by atoms with Gasteiger partial charge in [-0.25, -0.2) is 0 Å². The summed E-state index contributed by atoms with van der Waals surface area (Å²) in [7, 11) is -4.55. The summed E-state index contributed by atoms with van der Waals surface area (Å²) in [6, 6.07) is 18.8. The SMILES string of the molecule is CC(C)(C)c1cc(C(C)(C)C)c2cc(C(C[PH](O)(O)O)c3cc4c(C(C)(C)C)cc(C(C)(C)C)cc4cc3C(C)(C)C)c(C(C)(C)C)cc2c1. The second-order valence-corrected chi connectivity index (χ2v) is 23.4. The molecule has 4 aromatic rings. The standard InChI is InChI=1S/C46H69O3P/c1-41(2,3)30-19-28-21-37(43(7,8)9)34(25-32(28)39(23-30)45(13,14)15)36(27-50(47,48)49)35-26-33-29(22-38(35)44(10,11)12)20-31(42(4,5)6)24-40(33)46(16,17)18/h19-26,36,47-50H,27H2,1-18H3. The van der Waals surface area contributed by atoms with Crippen LogP contribution < -0.4 is 0 Å². The van der Waals surface area contributed by atoms with E-state index in [1.54, 1.807) is 0 Å². The number of benzene rings is 4. The van der Waals surface area contributed by atoms with E-state index in [9.17, 15) is 14.7 Å². The predicted octanol–water partition coefficient (Wildman–Crippen LogP) is 12.4. The van der Waals surface area contributed by atoms with E-state index in [1.807, 2.05) is 0 Å². The molecule has 0 fully saturated rings. The first-order valence-corrected chi connectivity index (χ1v) is 20.7. The second kappa shape index (κ2) is 12.7. The quantitative estimate of drug-likeness (QED) is 0.186. The van der Waals surface area contributed by atoms with Crippen molar-refractivity contribution in [3.63, 3.8) is 0 Å². The molecule has 0 aromatic heterocycles. The maximum absolute atomic E-state index is 11.0. The summed E-state index contributed by atoms with van der Waals surface area (Å²) in [6.45, 7) is 40.7. The molecule has 0 saturated heterocycles. The zero-order chi connectivity index (χ0) is 38.4. The van der Waals surface area contributed by atoms with Crippen molar-refractivity contribution in [1.29, 1.82) is 0 Å². The van der Waals surface area contributed by atoms with Crippen molar-refractivity contribution in [2.75, 3.05) is 6.16 Å². The molecule has 50 heavy (non-hydrogen) atoms. The Kier molecular flexibility index (Phi) is 10.3. The third kappa shape index (κ3) is 8.66. The third-order valence-electron chi connectivity index (χ3n) is 10.4. The van der Waals surface area contributed by atoms with Crippen molar-refractivity contribution in [1.82, 2.24) is 0 Å². The Hall–Kier alpha value is -2.29. The molecule has 0 unspecified atom stereocenters. The first-order valence-electron chi connectivity index (χ1n) is 18.6. The van der Waals surface area contributed by atoms with Crippen molar-refractivity contribution >= 4 is 29.5 Å². The van der Waals surface area contributed by atoms with E-state index in [0.29, 0.717) is 0 Å². The van der Waals surface area contributed by atoms with Gasteiger partial charge < -0.3 is 0 Å². The molecule has 4 aromatic carbocycles. The second-order valence-electron chi connectivity index (χ2n) is 21.4. The monoisotopic (exact) mass is 700 g/mol. The molecule has 3 nitrogen and oxygen atoms in total. The Morgan fingerprint density at radius 1 is 0.400 bits per heavy atom. The third-order valence-corrected chi connectivity index (χ3v) is 11.4. The van der Waals surface area contributed by atoms with Crippen molar-refractivity contribution in [3.05, 3.63) is 93.0 Å². The van der Waals surface area contributed by atoms with Crippen LogP contribution in [0.4, 0.5) is 0 Å². The first kappa shape index (κ1) is 40.5. The van der Waals surface area contributed by atoms with Gasteiger partial charge in [0.15, 0.2) is 0 Å². The van der Waals surface area contributed by atoms with Crippen LogP contribution in [-0.4, -0.2) is 20.8 Å². The predicted molar refractivity (Wildman–Crippen MR) is 222 cm³/mol. The van der Waals surface area contributed by atoms with E-state index in [0.717, 1.165) is 11.1 Å². The van der Waals surface area contributed by atoms with Crippen molar-refractivity contribution < 1.29 is 14.7 Å². The maximum atomic E-state index is 11.0. The van der Waals surface area contributed by atoms with Crippen molar-refractivity contribution in [2.24, 2.45) is 0 Å². The van der Waals surface area contributed by atoms with E-state index < -0.39 is 13.9 Å². The van der Waals surface area contributed by atoms with Gasteiger partial charge in [-0.1, -0.05) is 0 Å². The van der Waals surface area contributed by atoms with Gasteiger partial charge >= 0.3 is 306 Å². The van der Waals surface area contributed by atoms with Crippen LogP contribution in [0.5, 0.6) is 0 Å². The molecule has 0 saturated carbocycles. The van der Waals surface area contributed by atoms with E-state index >= 15 is 0 Å². The minimum atomic E-state index is -4.55. The fraction of sp³-hybridized carbons (Fsp3) is 0.565. The van der Waals surface area contributed by atoms with Crippen LogP contribution in [0.1, 0.15) is 175 Å². The van der Waals surface area contributed by atoms with Crippen LogP contribution in [0.25, 0.3) is 21.5 Å². The molecule has 0 atom stereocenters. The van der Waals surface area contributed by atoms with Crippen molar-refractivity contribution in [2.45, 2.75) is 163 Å². The van der Waals surface area contributed by atoms with E-state index in [2.05, 4.69) is 173 Å². The van der Waals surface area contributed by atoms with Gasteiger partial charge in [-0.3, -0.25) is 0 Å². The van der Waals surface area contributed by atoms with Gasteiger partial charge in [0.25, 0.3) is 0 Å². The minimum absolute atomic E-state index is 0.0164. The Morgan fingerprint density at radius 3 is 0.940 bits per heavy atom. The van der Waals surface area contributed by atoms with Gasteiger partial charge in [0, 0.05) is 0 Å². The van der Waals surface area contributed by atoms with E-state index in [-0.39, 0.29) is 38.7 Å². The Balaban J connectivity index is 2.27. The number of fused-ring (bicyclic) bond motifs is 2. The molecule has 0 amide bonds. The Bertz CT molecular complexity index is 1770. The molecule has 3 N–H and O–H groups in total. The molecule has 0 aliphatic carbocycles. The Morgan fingerprint density at radius 2 is 0.700 bits per heavy atom. The molecule has 0 aliphatic rings. The molecule has 0 heterocycles. The molecule has 4 heteroatoms. The van der Waals surface area contributed by atoms with Crippen LogP contribution in [0.2, 0.25) is 0 Å². The molecule has 0 aliphatic heterocycles. The molecule has 0 radical (unpaired) electrons. The summed E-state index contributed by atoms with van der Waals surface area (Å²) in [6.07, 6.45) is -0.119. The fourth-order valence-corrected chi connectivity index (χ4v) is 8.49. The number of rotatable bonds is 4. The van der Waals surface area contributed by atoms with Crippen LogP contribution in [-0.2, 0) is 32.5 Å². The summed E-state index contributed by atoms with van der Waals surface area (Å²) in [5, 5.41) is 4.77. The molecular formula is C46H69O3P. The Labute approximate surface area is 305 Å². The van der Waals surface area contributed by atoms with E-state index in [1.165, 1.54) is 54.9 Å². The van der Waals surface area contributed by atoms with Gasteiger partial charge in [-0.15, -0.1) is 0 Å². The summed E-state index contributed by atoms with van der Waals surface area (Å²) < 4.78 is 0. The summed E-state index contributed by atoms with van der Waals surface area (Å²) >= 11 is 0. The van der Waals surface area contributed by atoms with Gasteiger partial charge in [-0.2, -0.15) is 0 Å². The first-order chi connectivity index (χ1) is 22.2. The van der Waals surface area contributed by atoms with Gasteiger partial charge in [-0.05, 0) is 0 Å². The molecule has 0 spiro atoms. The number of hydrogen-bond donors (Lipinski definition) is 3. The summed E-state index contributed by atoms with van der Waals surface area (Å²) in [5.41, 5.74) is 8.84. The van der Waals surface area contributed by atoms with E-state index in [4.69, 9.17) is 0 Å².